The minimum Gasteiger partial charge on any atom is -0.441 e. The van der Waals surface area contributed by atoms with E-state index in [-0.39, 0.29) is 5.97 Å². The van der Waals surface area contributed by atoms with Crippen LogP contribution in [-0.4, -0.2) is 17.3 Å². The Labute approximate surface area is 135 Å². The van der Waals surface area contributed by atoms with E-state index in [9.17, 15) is 4.79 Å². The highest BCUT2D eigenvalue weighted by atomic mass is 31.1. The molecule has 0 unspecified atom stereocenters. The molecule has 0 N–H and O–H groups in total. The molecule has 1 aromatic carbocycles. The van der Waals surface area contributed by atoms with Crippen LogP contribution in [0.2, 0.25) is 0 Å². The van der Waals surface area contributed by atoms with E-state index < -0.39 is 8.15 Å². The number of carbonyl (C=O) groups excluding carboxylic acids is 1. The standard InChI is InChI=1S/C19H27O2P/c20-19(16-10-4-1-5-11-16)21-22(17-12-6-2-7-13-17)18-14-8-3-9-15-18/h1,4-5,10-11,17-18H,2-3,6-9,12-15H2. The maximum Gasteiger partial charge on any atom is 0.340 e. The van der Waals surface area contributed by atoms with Gasteiger partial charge in [0.25, 0.3) is 0 Å². The average molecular weight is 318 g/mol. The van der Waals surface area contributed by atoms with E-state index in [0.29, 0.717) is 16.9 Å². The van der Waals surface area contributed by atoms with Crippen LogP contribution < -0.4 is 0 Å². The van der Waals surface area contributed by atoms with Crippen LogP contribution >= 0.6 is 8.15 Å². The first kappa shape index (κ1) is 16.0. The summed E-state index contributed by atoms with van der Waals surface area (Å²) < 4.78 is 6.14. The second-order valence-electron chi connectivity index (χ2n) is 6.69. The summed E-state index contributed by atoms with van der Waals surface area (Å²) in [5, 5.41) is 0. The Balaban J connectivity index is 1.71. The normalized spacial score (nSPS) is 21.0. The predicted octanol–water partition coefficient (Wildman–Crippen LogP) is 5.91. The molecule has 2 nitrogen and oxygen atoms in total. The molecule has 22 heavy (non-hydrogen) atoms. The predicted molar refractivity (Wildman–Crippen MR) is 92.5 cm³/mol. The van der Waals surface area contributed by atoms with E-state index in [2.05, 4.69) is 0 Å². The molecule has 120 valence electrons. The van der Waals surface area contributed by atoms with Gasteiger partial charge in [0.2, 0.25) is 0 Å². The molecule has 1 aromatic rings. The molecule has 0 heterocycles. The molecule has 0 aromatic heterocycles. The second kappa shape index (κ2) is 8.11. The van der Waals surface area contributed by atoms with Gasteiger partial charge in [-0.25, -0.2) is 4.79 Å². The fourth-order valence-electron chi connectivity index (χ4n) is 3.84. The highest BCUT2D eigenvalue weighted by Crippen LogP contribution is 2.56. The zero-order valence-corrected chi connectivity index (χ0v) is 14.3. The fraction of sp³-hybridized carbons (Fsp3) is 0.632. The van der Waals surface area contributed by atoms with Gasteiger partial charge in [0, 0.05) is 11.3 Å². The van der Waals surface area contributed by atoms with Crippen LogP contribution in [0.3, 0.4) is 0 Å². The van der Waals surface area contributed by atoms with Crippen LogP contribution in [0.5, 0.6) is 0 Å². The van der Waals surface area contributed by atoms with Gasteiger partial charge < -0.3 is 4.52 Å². The molecule has 2 fully saturated rings. The van der Waals surface area contributed by atoms with Gasteiger partial charge in [-0.05, 0) is 37.8 Å². The third-order valence-electron chi connectivity index (χ3n) is 5.07. The van der Waals surface area contributed by atoms with Gasteiger partial charge in [0.15, 0.2) is 0 Å². The van der Waals surface area contributed by atoms with Crippen molar-refractivity contribution in [2.75, 3.05) is 0 Å². The summed E-state index contributed by atoms with van der Waals surface area (Å²) in [5.74, 6) is -0.0946. The zero-order valence-electron chi connectivity index (χ0n) is 13.4. The number of rotatable bonds is 4. The highest BCUT2D eigenvalue weighted by molar-refractivity contribution is 7.54. The Hall–Kier alpha value is -0.880. The van der Waals surface area contributed by atoms with Gasteiger partial charge in [0.1, 0.15) is 0 Å². The Kier molecular flexibility index (Phi) is 5.89. The summed E-state index contributed by atoms with van der Waals surface area (Å²) in [7, 11) is -0.610. The Bertz CT molecular complexity index is 444. The average Bonchev–Trinajstić information content (AvgIpc) is 2.62. The van der Waals surface area contributed by atoms with Crippen molar-refractivity contribution < 1.29 is 9.32 Å². The molecule has 0 radical (unpaired) electrons. The highest BCUT2D eigenvalue weighted by Gasteiger charge is 2.35. The number of hydrogen-bond acceptors (Lipinski definition) is 2. The molecule has 0 atom stereocenters. The third-order valence-corrected chi connectivity index (χ3v) is 7.92. The minimum atomic E-state index is -0.610. The summed E-state index contributed by atoms with van der Waals surface area (Å²) in [5.41, 5.74) is 2.01. The van der Waals surface area contributed by atoms with Crippen LogP contribution in [0.1, 0.15) is 74.6 Å². The van der Waals surface area contributed by atoms with Gasteiger partial charge in [0.05, 0.1) is 13.7 Å². The Morgan fingerprint density at radius 2 is 1.32 bits per heavy atom. The van der Waals surface area contributed by atoms with E-state index in [1.807, 2.05) is 30.3 Å². The molecular weight excluding hydrogens is 291 g/mol. The van der Waals surface area contributed by atoms with E-state index in [1.165, 1.54) is 64.2 Å². The van der Waals surface area contributed by atoms with E-state index in [1.54, 1.807) is 0 Å². The summed E-state index contributed by atoms with van der Waals surface area (Å²) in [6, 6.07) is 9.52. The Morgan fingerprint density at radius 1 is 0.818 bits per heavy atom. The van der Waals surface area contributed by atoms with Gasteiger partial charge in [-0.3, -0.25) is 0 Å². The van der Waals surface area contributed by atoms with Gasteiger partial charge in [-0.2, -0.15) is 0 Å². The maximum absolute atomic E-state index is 12.5. The van der Waals surface area contributed by atoms with Crippen LogP contribution in [0, 0.1) is 0 Å². The molecule has 2 aliphatic carbocycles. The molecule has 0 amide bonds. The van der Waals surface area contributed by atoms with E-state index in [4.69, 9.17) is 4.52 Å². The number of hydrogen-bond donors (Lipinski definition) is 0. The summed E-state index contributed by atoms with van der Waals surface area (Å²) >= 11 is 0. The van der Waals surface area contributed by atoms with Crippen LogP contribution in [0.15, 0.2) is 30.3 Å². The van der Waals surface area contributed by atoms with Gasteiger partial charge in [-0.1, -0.05) is 56.7 Å². The molecule has 0 bridgehead atoms. The van der Waals surface area contributed by atoms with Crippen molar-refractivity contribution in [3.8, 4) is 0 Å². The lowest BCUT2D eigenvalue weighted by molar-refractivity contribution is 0.0748. The SMILES string of the molecule is O=C(OP(C1CCCCC1)C1CCCCC1)c1ccccc1. The van der Waals surface area contributed by atoms with Crippen molar-refractivity contribution in [3.63, 3.8) is 0 Å². The van der Waals surface area contributed by atoms with E-state index in [0.717, 1.165) is 0 Å². The lowest BCUT2D eigenvalue weighted by atomic mass is 10.00. The van der Waals surface area contributed by atoms with Gasteiger partial charge >= 0.3 is 5.97 Å². The molecule has 3 heteroatoms. The van der Waals surface area contributed by atoms with Crippen molar-refractivity contribution in [3.05, 3.63) is 35.9 Å². The van der Waals surface area contributed by atoms with Crippen molar-refractivity contribution in [1.29, 1.82) is 0 Å². The van der Waals surface area contributed by atoms with Crippen molar-refractivity contribution >= 4 is 14.1 Å². The minimum absolute atomic E-state index is 0.0946. The van der Waals surface area contributed by atoms with Crippen molar-refractivity contribution in [1.82, 2.24) is 0 Å². The van der Waals surface area contributed by atoms with E-state index >= 15 is 0 Å². The molecule has 2 aliphatic rings. The molecule has 0 spiro atoms. The monoisotopic (exact) mass is 318 g/mol. The summed E-state index contributed by atoms with van der Waals surface area (Å²) in [4.78, 5) is 12.5. The molecule has 0 saturated heterocycles. The molecule has 3 rings (SSSR count). The fourth-order valence-corrected chi connectivity index (χ4v) is 6.78. The van der Waals surface area contributed by atoms with Gasteiger partial charge in [-0.15, -0.1) is 0 Å². The molecule has 0 aliphatic heterocycles. The lowest BCUT2D eigenvalue weighted by Gasteiger charge is -2.36. The summed E-state index contributed by atoms with van der Waals surface area (Å²) in [6.07, 6.45) is 13.1. The van der Waals surface area contributed by atoms with Crippen molar-refractivity contribution in [2.45, 2.75) is 75.5 Å². The molecule has 2 saturated carbocycles. The summed E-state index contributed by atoms with van der Waals surface area (Å²) in [6.45, 7) is 0. The largest absolute Gasteiger partial charge is 0.441 e. The number of benzene rings is 1. The lowest BCUT2D eigenvalue weighted by Crippen LogP contribution is -2.23. The number of carbonyl (C=O) groups is 1. The quantitative estimate of drug-likeness (QED) is 0.645. The Morgan fingerprint density at radius 3 is 1.82 bits per heavy atom. The second-order valence-corrected chi connectivity index (χ2v) is 9.05. The van der Waals surface area contributed by atoms with Crippen molar-refractivity contribution in [2.24, 2.45) is 0 Å². The van der Waals surface area contributed by atoms with Crippen LogP contribution in [0.25, 0.3) is 0 Å². The maximum atomic E-state index is 12.5. The first-order valence-electron chi connectivity index (χ1n) is 8.90. The topological polar surface area (TPSA) is 26.3 Å². The zero-order chi connectivity index (χ0) is 15.2. The first-order valence-corrected chi connectivity index (χ1v) is 10.3. The smallest absolute Gasteiger partial charge is 0.340 e. The van der Waals surface area contributed by atoms with Crippen LogP contribution in [0.4, 0.5) is 0 Å². The first-order chi connectivity index (χ1) is 10.8. The third kappa shape index (κ3) is 4.10. The van der Waals surface area contributed by atoms with Crippen LogP contribution in [-0.2, 0) is 4.52 Å². The molecular formula is C19H27O2P.